The molecule has 0 saturated heterocycles. The molecule has 1 N–H and O–H groups in total. The average Bonchev–Trinajstić information content (AvgIpc) is 2.08. The molecule has 0 atom stereocenters. The fraction of sp³-hybridized carbons (Fsp3) is 0.182. The Kier molecular flexibility index (Phi) is 2.71. The summed E-state index contributed by atoms with van der Waals surface area (Å²) in [7, 11) is 0. The van der Waals surface area contributed by atoms with E-state index in [1.807, 2.05) is 13.0 Å². The van der Waals surface area contributed by atoms with Gasteiger partial charge in [-0.25, -0.2) is 4.79 Å². The summed E-state index contributed by atoms with van der Waals surface area (Å²) in [6.07, 6.45) is 0. The van der Waals surface area contributed by atoms with Gasteiger partial charge >= 0.3 is 5.97 Å². The van der Waals surface area contributed by atoms with Crippen molar-refractivity contribution in [3.8, 4) is 11.8 Å². The first kappa shape index (κ1) is 9.34. The van der Waals surface area contributed by atoms with Crippen LogP contribution in [0.1, 0.15) is 28.4 Å². The molecule has 1 rings (SSSR count). The molecule has 1 aromatic carbocycles. The number of carboxylic acids is 1. The van der Waals surface area contributed by atoms with Gasteiger partial charge in [0.1, 0.15) is 0 Å². The van der Waals surface area contributed by atoms with Crippen LogP contribution in [-0.4, -0.2) is 11.1 Å². The number of hydrogen-bond donors (Lipinski definition) is 1. The Morgan fingerprint density at radius 2 is 2.15 bits per heavy atom. The third kappa shape index (κ3) is 1.88. The van der Waals surface area contributed by atoms with Gasteiger partial charge in [-0.15, -0.1) is 5.92 Å². The zero-order valence-electron chi connectivity index (χ0n) is 7.59. The van der Waals surface area contributed by atoms with E-state index in [9.17, 15) is 4.79 Å². The minimum atomic E-state index is -0.929. The van der Waals surface area contributed by atoms with E-state index < -0.39 is 5.97 Å². The van der Waals surface area contributed by atoms with Crippen molar-refractivity contribution in [2.75, 3.05) is 0 Å². The van der Waals surface area contributed by atoms with Crippen LogP contribution in [0.25, 0.3) is 0 Å². The molecule has 0 aliphatic heterocycles. The molecule has 13 heavy (non-hydrogen) atoms. The molecule has 1 aromatic rings. The highest BCUT2D eigenvalue weighted by atomic mass is 16.4. The highest BCUT2D eigenvalue weighted by molar-refractivity contribution is 5.91. The van der Waals surface area contributed by atoms with Gasteiger partial charge in [0, 0.05) is 5.56 Å². The maximum absolute atomic E-state index is 10.8. The SMILES string of the molecule is CC#Cc1c(C)cccc1C(=O)O. The molecule has 0 fully saturated rings. The van der Waals surface area contributed by atoms with Gasteiger partial charge in [-0.05, 0) is 25.5 Å². The van der Waals surface area contributed by atoms with Gasteiger partial charge in [0.05, 0.1) is 5.56 Å². The second-order valence-electron chi connectivity index (χ2n) is 2.68. The number of aryl methyl sites for hydroxylation is 1. The van der Waals surface area contributed by atoms with Crippen LogP contribution in [0.5, 0.6) is 0 Å². The predicted molar refractivity (Wildman–Crippen MR) is 50.7 cm³/mol. The van der Waals surface area contributed by atoms with Gasteiger partial charge in [-0.1, -0.05) is 18.1 Å². The van der Waals surface area contributed by atoms with E-state index in [0.717, 1.165) is 5.56 Å². The summed E-state index contributed by atoms with van der Waals surface area (Å²) in [5, 5.41) is 8.85. The summed E-state index contributed by atoms with van der Waals surface area (Å²) in [6, 6.07) is 5.14. The van der Waals surface area contributed by atoms with Crippen molar-refractivity contribution in [3.05, 3.63) is 34.9 Å². The van der Waals surface area contributed by atoms with Crippen LogP contribution >= 0.6 is 0 Å². The van der Waals surface area contributed by atoms with Crippen molar-refractivity contribution >= 4 is 5.97 Å². The fourth-order valence-corrected chi connectivity index (χ4v) is 1.14. The van der Waals surface area contributed by atoms with Crippen LogP contribution in [0.15, 0.2) is 18.2 Å². The lowest BCUT2D eigenvalue weighted by Crippen LogP contribution is -2.01. The van der Waals surface area contributed by atoms with E-state index in [4.69, 9.17) is 5.11 Å². The molecule has 0 radical (unpaired) electrons. The fourth-order valence-electron chi connectivity index (χ4n) is 1.14. The standard InChI is InChI=1S/C11H10O2/c1-3-5-9-8(2)6-4-7-10(9)11(12)13/h4,6-7H,1-2H3,(H,12,13). The van der Waals surface area contributed by atoms with Crippen LogP contribution in [0.2, 0.25) is 0 Å². The number of hydrogen-bond acceptors (Lipinski definition) is 1. The Hall–Kier alpha value is -1.75. The zero-order chi connectivity index (χ0) is 9.84. The number of carbonyl (C=O) groups is 1. The molecule has 0 bridgehead atoms. The Bertz CT molecular complexity index is 394. The van der Waals surface area contributed by atoms with Crippen molar-refractivity contribution in [1.29, 1.82) is 0 Å². The normalized spacial score (nSPS) is 8.77. The molecule has 66 valence electrons. The second-order valence-corrected chi connectivity index (χ2v) is 2.68. The van der Waals surface area contributed by atoms with Gasteiger partial charge in [-0.2, -0.15) is 0 Å². The molecule has 0 spiro atoms. The molecule has 0 amide bonds. The Morgan fingerprint density at radius 1 is 1.46 bits per heavy atom. The minimum Gasteiger partial charge on any atom is -0.478 e. The molecule has 0 aliphatic carbocycles. The first-order valence-electron chi connectivity index (χ1n) is 3.92. The largest absolute Gasteiger partial charge is 0.478 e. The summed E-state index contributed by atoms with van der Waals surface area (Å²) < 4.78 is 0. The second kappa shape index (κ2) is 3.77. The topological polar surface area (TPSA) is 37.3 Å². The average molecular weight is 174 g/mol. The molecule has 0 aromatic heterocycles. The summed E-state index contributed by atoms with van der Waals surface area (Å²) in [5.41, 5.74) is 1.78. The van der Waals surface area contributed by atoms with Gasteiger partial charge in [0.2, 0.25) is 0 Å². The molecule has 0 aliphatic rings. The van der Waals surface area contributed by atoms with Gasteiger partial charge in [0.15, 0.2) is 0 Å². The van der Waals surface area contributed by atoms with E-state index in [0.29, 0.717) is 5.56 Å². The monoisotopic (exact) mass is 174 g/mol. The van der Waals surface area contributed by atoms with Gasteiger partial charge < -0.3 is 5.11 Å². The van der Waals surface area contributed by atoms with Gasteiger partial charge in [-0.3, -0.25) is 0 Å². The van der Waals surface area contributed by atoms with E-state index in [1.54, 1.807) is 19.1 Å². The maximum Gasteiger partial charge on any atom is 0.336 e. The van der Waals surface area contributed by atoms with Crippen molar-refractivity contribution in [1.82, 2.24) is 0 Å². The number of benzene rings is 1. The van der Waals surface area contributed by atoms with Gasteiger partial charge in [0.25, 0.3) is 0 Å². The summed E-state index contributed by atoms with van der Waals surface area (Å²) in [4.78, 5) is 10.8. The van der Waals surface area contributed by atoms with Crippen LogP contribution in [0.4, 0.5) is 0 Å². The molecule has 2 heteroatoms. The van der Waals surface area contributed by atoms with Crippen molar-refractivity contribution < 1.29 is 9.90 Å². The lowest BCUT2D eigenvalue weighted by molar-refractivity contribution is 0.0696. The molecule has 2 nitrogen and oxygen atoms in total. The number of rotatable bonds is 1. The van der Waals surface area contributed by atoms with E-state index in [-0.39, 0.29) is 5.56 Å². The smallest absolute Gasteiger partial charge is 0.336 e. The Labute approximate surface area is 77.2 Å². The maximum atomic E-state index is 10.8. The molecular weight excluding hydrogens is 164 g/mol. The Balaban J connectivity index is 3.39. The molecule has 0 heterocycles. The van der Waals surface area contributed by atoms with Crippen LogP contribution in [-0.2, 0) is 0 Å². The molecule has 0 unspecified atom stereocenters. The highest BCUT2D eigenvalue weighted by Crippen LogP contribution is 2.12. The predicted octanol–water partition coefficient (Wildman–Crippen LogP) is 2.06. The van der Waals surface area contributed by atoms with Crippen molar-refractivity contribution in [3.63, 3.8) is 0 Å². The van der Waals surface area contributed by atoms with Crippen molar-refractivity contribution in [2.45, 2.75) is 13.8 Å². The Morgan fingerprint density at radius 3 is 2.69 bits per heavy atom. The highest BCUT2D eigenvalue weighted by Gasteiger charge is 2.08. The van der Waals surface area contributed by atoms with E-state index in [2.05, 4.69) is 11.8 Å². The summed E-state index contributed by atoms with van der Waals surface area (Å²) in [5.74, 6) is 4.57. The van der Waals surface area contributed by atoms with Crippen LogP contribution in [0, 0.1) is 18.8 Å². The molecular formula is C11H10O2. The zero-order valence-corrected chi connectivity index (χ0v) is 7.59. The third-order valence-corrected chi connectivity index (χ3v) is 1.75. The first-order chi connectivity index (χ1) is 6.16. The molecule has 0 saturated carbocycles. The lowest BCUT2D eigenvalue weighted by atomic mass is 10.0. The lowest BCUT2D eigenvalue weighted by Gasteiger charge is -2.01. The minimum absolute atomic E-state index is 0.273. The quantitative estimate of drug-likeness (QED) is 0.662. The summed E-state index contributed by atoms with van der Waals surface area (Å²) in [6.45, 7) is 3.55. The van der Waals surface area contributed by atoms with Crippen LogP contribution < -0.4 is 0 Å². The third-order valence-electron chi connectivity index (χ3n) is 1.75. The van der Waals surface area contributed by atoms with E-state index in [1.165, 1.54) is 0 Å². The number of carboxylic acid groups (broad SMARTS) is 1. The van der Waals surface area contributed by atoms with Crippen molar-refractivity contribution in [2.24, 2.45) is 0 Å². The number of aromatic carboxylic acids is 1. The first-order valence-corrected chi connectivity index (χ1v) is 3.92. The van der Waals surface area contributed by atoms with E-state index >= 15 is 0 Å². The van der Waals surface area contributed by atoms with Crippen LogP contribution in [0.3, 0.4) is 0 Å². The summed E-state index contributed by atoms with van der Waals surface area (Å²) >= 11 is 0.